The maximum Gasteiger partial charge on any atom is 0.400 e. The van der Waals surface area contributed by atoms with Crippen molar-refractivity contribution in [2.45, 2.75) is 6.92 Å². The molecule has 0 saturated carbocycles. The van der Waals surface area contributed by atoms with Gasteiger partial charge in [-0.15, -0.1) is 0 Å². The van der Waals surface area contributed by atoms with E-state index in [1.54, 1.807) is 0 Å². The minimum atomic E-state index is 0.157. The third kappa shape index (κ3) is 1.88. The van der Waals surface area contributed by atoms with Crippen molar-refractivity contribution in [1.29, 1.82) is 0 Å². The number of nitrogens with zero attached hydrogens (tertiary/aromatic N) is 1. The number of halogens is 1. The summed E-state index contributed by atoms with van der Waals surface area (Å²) in [5.74, 6) is 0.714. The summed E-state index contributed by atoms with van der Waals surface area (Å²) in [4.78, 5) is 3.83. The van der Waals surface area contributed by atoms with Gasteiger partial charge >= 0.3 is 6.08 Å². The first kappa shape index (κ1) is 9.09. The van der Waals surface area contributed by atoms with Crippen LogP contribution in [0.1, 0.15) is 5.56 Å². The van der Waals surface area contributed by atoms with E-state index in [4.69, 9.17) is 20.8 Å². The smallest absolute Gasteiger partial charge is 0.400 e. The summed E-state index contributed by atoms with van der Waals surface area (Å²) in [6.07, 6.45) is 1.55. The molecule has 0 radical (unpaired) electrons. The zero-order valence-corrected chi connectivity index (χ0v) is 8.28. The van der Waals surface area contributed by atoms with Gasteiger partial charge in [-0.2, -0.15) is 4.98 Å². The van der Waals surface area contributed by atoms with E-state index in [1.807, 2.05) is 31.2 Å². The fourth-order valence-corrected chi connectivity index (χ4v) is 1.17. The second kappa shape index (κ2) is 3.72. The van der Waals surface area contributed by atoms with Crippen LogP contribution in [0.15, 0.2) is 34.9 Å². The zero-order valence-electron chi connectivity index (χ0n) is 7.53. The number of ether oxygens (including phenoxy) is 1. The van der Waals surface area contributed by atoms with Crippen molar-refractivity contribution in [3.63, 3.8) is 0 Å². The molecule has 2 rings (SSSR count). The molecule has 1 aromatic heterocycles. The van der Waals surface area contributed by atoms with Gasteiger partial charge in [0.1, 0.15) is 5.75 Å². The largest absolute Gasteiger partial charge is 0.411 e. The third-order valence-electron chi connectivity index (χ3n) is 1.75. The number of para-hydroxylation sites is 1. The van der Waals surface area contributed by atoms with E-state index in [1.165, 1.54) is 6.20 Å². The van der Waals surface area contributed by atoms with Crippen LogP contribution in [-0.2, 0) is 0 Å². The summed E-state index contributed by atoms with van der Waals surface area (Å²) in [5, 5.41) is 0.216. The quantitative estimate of drug-likeness (QED) is 0.760. The lowest BCUT2D eigenvalue weighted by Crippen LogP contribution is -1.86. The lowest BCUT2D eigenvalue weighted by atomic mass is 10.2. The maximum absolute atomic E-state index is 5.56. The third-order valence-corrected chi connectivity index (χ3v) is 1.92. The number of hydrogen-bond acceptors (Lipinski definition) is 3. The van der Waals surface area contributed by atoms with Gasteiger partial charge in [-0.05, 0) is 30.2 Å². The van der Waals surface area contributed by atoms with Crippen LogP contribution in [0.4, 0.5) is 0 Å². The highest BCUT2D eigenvalue weighted by atomic mass is 35.5. The molecule has 3 nitrogen and oxygen atoms in total. The van der Waals surface area contributed by atoms with Crippen LogP contribution in [0.2, 0.25) is 5.22 Å². The summed E-state index contributed by atoms with van der Waals surface area (Å²) < 4.78 is 10.3. The lowest BCUT2D eigenvalue weighted by Gasteiger charge is -2.02. The van der Waals surface area contributed by atoms with Crippen molar-refractivity contribution in [2.24, 2.45) is 0 Å². The van der Waals surface area contributed by atoms with Crippen LogP contribution in [-0.4, -0.2) is 4.98 Å². The molecule has 1 heterocycles. The molecule has 0 aliphatic heterocycles. The minimum absolute atomic E-state index is 0.157. The van der Waals surface area contributed by atoms with Gasteiger partial charge in [0.05, 0.1) is 6.20 Å². The van der Waals surface area contributed by atoms with Crippen LogP contribution in [0.25, 0.3) is 0 Å². The normalized spacial score (nSPS) is 10.1. The monoisotopic (exact) mass is 209 g/mol. The Labute approximate surface area is 86.3 Å². The Bertz CT molecular complexity index is 439. The fourth-order valence-electron chi connectivity index (χ4n) is 1.05. The van der Waals surface area contributed by atoms with Crippen molar-refractivity contribution >= 4 is 11.6 Å². The summed E-state index contributed by atoms with van der Waals surface area (Å²) in [6, 6.07) is 7.60. The number of oxazole rings is 1. The second-order valence-electron chi connectivity index (χ2n) is 2.80. The van der Waals surface area contributed by atoms with Crippen molar-refractivity contribution in [3.05, 3.63) is 41.2 Å². The number of hydrogen-bond donors (Lipinski definition) is 0. The summed E-state index contributed by atoms with van der Waals surface area (Å²) in [5.41, 5.74) is 1.02. The van der Waals surface area contributed by atoms with E-state index < -0.39 is 0 Å². The van der Waals surface area contributed by atoms with Gasteiger partial charge in [0.2, 0.25) is 5.22 Å². The summed E-state index contributed by atoms with van der Waals surface area (Å²) >= 11 is 5.56. The Hall–Kier alpha value is -1.48. The lowest BCUT2D eigenvalue weighted by molar-refractivity contribution is 0.330. The van der Waals surface area contributed by atoms with Gasteiger partial charge in [0.25, 0.3) is 0 Å². The molecule has 14 heavy (non-hydrogen) atoms. The highest BCUT2D eigenvalue weighted by Gasteiger charge is 2.05. The first-order chi connectivity index (χ1) is 6.75. The van der Waals surface area contributed by atoms with E-state index in [0.29, 0.717) is 5.75 Å². The SMILES string of the molecule is Cc1ccccc1Oc1ncc(Cl)o1. The highest BCUT2D eigenvalue weighted by molar-refractivity contribution is 6.28. The Kier molecular flexibility index (Phi) is 2.41. The molecule has 0 atom stereocenters. The Morgan fingerprint density at radius 3 is 2.79 bits per heavy atom. The first-order valence-corrected chi connectivity index (χ1v) is 4.48. The van der Waals surface area contributed by atoms with Crippen LogP contribution in [0, 0.1) is 6.92 Å². The molecule has 4 heteroatoms. The van der Waals surface area contributed by atoms with Gasteiger partial charge in [-0.3, -0.25) is 0 Å². The van der Waals surface area contributed by atoms with Crippen LogP contribution < -0.4 is 4.74 Å². The molecular formula is C10H8ClNO2. The van der Waals surface area contributed by atoms with E-state index in [9.17, 15) is 0 Å². The minimum Gasteiger partial charge on any atom is -0.411 e. The van der Waals surface area contributed by atoms with E-state index in [0.717, 1.165) is 5.56 Å². The van der Waals surface area contributed by atoms with Gasteiger partial charge in [-0.1, -0.05) is 18.2 Å². The number of aryl methyl sites for hydroxylation is 1. The molecule has 0 bridgehead atoms. The first-order valence-electron chi connectivity index (χ1n) is 4.10. The van der Waals surface area contributed by atoms with Crippen molar-refractivity contribution in [1.82, 2.24) is 4.98 Å². The molecule has 1 aromatic carbocycles. The summed E-state index contributed by atoms with van der Waals surface area (Å²) in [7, 11) is 0. The molecule has 0 aliphatic rings. The second-order valence-corrected chi connectivity index (χ2v) is 3.17. The van der Waals surface area contributed by atoms with Crippen LogP contribution >= 0.6 is 11.6 Å². The number of benzene rings is 1. The number of aromatic nitrogens is 1. The predicted molar refractivity (Wildman–Crippen MR) is 52.8 cm³/mol. The molecule has 0 aliphatic carbocycles. The zero-order chi connectivity index (χ0) is 9.97. The molecule has 0 spiro atoms. The van der Waals surface area contributed by atoms with E-state index >= 15 is 0 Å². The molecular weight excluding hydrogens is 202 g/mol. The molecule has 0 unspecified atom stereocenters. The molecule has 0 N–H and O–H groups in total. The molecule has 72 valence electrons. The van der Waals surface area contributed by atoms with Crippen molar-refractivity contribution in [3.8, 4) is 11.8 Å². The van der Waals surface area contributed by atoms with Crippen molar-refractivity contribution in [2.75, 3.05) is 0 Å². The van der Waals surface area contributed by atoms with Gasteiger partial charge in [0, 0.05) is 0 Å². The molecule has 0 saturated heterocycles. The van der Waals surface area contributed by atoms with Gasteiger partial charge < -0.3 is 9.15 Å². The molecule has 0 fully saturated rings. The maximum atomic E-state index is 5.56. The van der Waals surface area contributed by atoms with Crippen LogP contribution in [0.5, 0.6) is 11.8 Å². The van der Waals surface area contributed by atoms with E-state index in [2.05, 4.69) is 4.98 Å². The predicted octanol–water partition coefficient (Wildman–Crippen LogP) is 3.43. The Balaban J connectivity index is 2.23. The standard InChI is InChI=1S/C10H8ClNO2/c1-7-4-2-3-5-8(7)13-10-12-6-9(11)14-10/h2-6H,1H3. The highest BCUT2D eigenvalue weighted by Crippen LogP contribution is 2.25. The average molecular weight is 210 g/mol. The van der Waals surface area contributed by atoms with Crippen LogP contribution in [0.3, 0.4) is 0 Å². The Morgan fingerprint density at radius 1 is 1.36 bits per heavy atom. The average Bonchev–Trinajstić information content (AvgIpc) is 2.56. The van der Waals surface area contributed by atoms with Crippen molar-refractivity contribution < 1.29 is 9.15 Å². The van der Waals surface area contributed by atoms with Gasteiger partial charge in [0.15, 0.2) is 0 Å². The summed E-state index contributed by atoms with van der Waals surface area (Å²) in [6.45, 7) is 1.94. The van der Waals surface area contributed by atoms with E-state index in [-0.39, 0.29) is 11.3 Å². The fraction of sp³-hybridized carbons (Fsp3) is 0.100. The molecule has 2 aromatic rings. The Morgan fingerprint density at radius 2 is 2.14 bits per heavy atom. The topological polar surface area (TPSA) is 35.3 Å². The number of rotatable bonds is 2. The van der Waals surface area contributed by atoms with Gasteiger partial charge in [-0.25, -0.2) is 0 Å². The molecule has 0 amide bonds.